The Balaban J connectivity index is 1.40. The van der Waals surface area contributed by atoms with Crippen molar-refractivity contribution in [3.8, 4) is 0 Å². The van der Waals surface area contributed by atoms with Crippen LogP contribution in [0.2, 0.25) is 0 Å². The zero-order valence-corrected chi connectivity index (χ0v) is 16.4. The molecular formula is C16H25N5O3S2. The maximum Gasteiger partial charge on any atom is 0.233 e. The first-order valence-electron chi connectivity index (χ1n) is 8.97. The number of hydrogen-bond acceptors (Lipinski definition) is 8. The number of morpholine rings is 1. The van der Waals surface area contributed by atoms with Gasteiger partial charge in [0.05, 0.1) is 19.0 Å². The molecule has 3 heterocycles. The highest BCUT2D eigenvalue weighted by molar-refractivity contribution is 8.01. The molecule has 1 atom stereocenters. The van der Waals surface area contributed by atoms with E-state index in [2.05, 4.69) is 10.2 Å². The van der Waals surface area contributed by atoms with Crippen LogP contribution >= 0.6 is 23.1 Å². The van der Waals surface area contributed by atoms with Gasteiger partial charge >= 0.3 is 0 Å². The van der Waals surface area contributed by atoms with Crippen LogP contribution in [0.1, 0.15) is 25.7 Å². The van der Waals surface area contributed by atoms with Gasteiger partial charge in [0.2, 0.25) is 16.9 Å². The number of ether oxygens (including phenoxy) is 1. The fourth-order valence-corrected chi connectivity index (χ4v) is 4.86. The number of thioether (sulfide) groups is 1. The molecule has 2 saturated heterocycles. The molecule has 0 saturated carbocycles. The van der Waals surface area contributed by atoms with Gasteiger partial charge in [-0.2, -0.15) is 0 Å². The topological polar surface area (TPSA) is 102 Å². The highest BCUT2D eigenvalue weighted by atomic mass is 32.2. The van der Waals surface area contributed by atoms with Crippen molar-refractivity contribution in [3.63, 3.8) is 0 Å². The molecule has 0 spiro atoms. The number of anilines is 1. The summed E-state index contributed by atoms with van der Waals surface area (Å²) in [4.78, 5) is 28.5. The average Bonchev–Trinajstić information content (AvgIpc) is 3.10. The van der Waals surface area contributed by atoms with Gasteiger partial charge in [-0.25, -0.2) is 0 Å². The third-order valence-electron chi connectivity index (χ3n) is 4.74. The van der Waals surface area contributed by atoms with Gasteiger partial charge in [-0.05, 0) is 25.2 Å². The second kappa shape index (κ2) is 9.52. The summed E-state index contributed by atoms with van der Waals surface area (Å²) in [5, 5.41) is 8.10. The highest BCUT2D eigenvalue weighted by Crippen LogP contribution is 2.26. The lowest BCUT2D eigenvalue weighted by Crippen LogP contribution is -2.42. The minimum atomic E-state index is 0.118. The Morgan fingerprint density at radius 1 is 1.19 bits per heavy atom. The highest BCUT2D eigenvalue weighted by Gasteiger charge is 2.25. The SMILES string of the molecule is Nc1nnc(SCC(=O)N2CCC[C@@H](CCC(=O)N3CCOCC3)C2)s1. The lowest BCUT2D eigenvalue weighted by molar-refractivity contribution is -0.135. The van der Waals surface area contributed by atoms with Gasteiger partial charge in [-0.1, -0.05) is 23.1 Å². The van der Waals surface area contributed by atoms with Gasteiger partial charge in [0.1, 0.15) is 0 Å². The van der Waals surface area contributed by atoms with Crippen molar-refractivity contribution in [2.24, 2.45) is 5.92 Å². The number of hydrogen-bond donors (Lipinski definition) is 1. The Morgan fingerprint density at radius 3 is 2.73 bits per heavy atom. The van der Waals surface area contributed by atoms with Crippen LogP contribution < -0.4 is 5.73 Å². The van der Waals surface area contributed by atoms with E-state index in [0.29, 0.717) is 49.5 Å². The summed E-state index contributed by atoms with van der Waals surface area (Å²) < 4.78 is 6.01. The normalized spacial score (nSPS) is 21.0. The van der Waals surface area contributed by atoms with Gasteiger partial charge < -0.3 is 20.3 Å². The third-order valence-corrected chi connectivity index (χ3v) is 6.61. The van der Waals surface area contributed by atoms with E-state index in [1.165, 1.54) is 23.1 Å². The number of carbonyl (C=O) groups excluding carboxylic acids is 2. The Morgan fingerprint density at radius 2 is 2.00 bits per heavy atom. The maximum atomic E-state index is 12.5. The molecule has 2 fully saturated rings. The quantitative estimate of drug-likeness (QED) is 0.715. The van der Waals surface area contributed by atoms with E-state index in [4.69, 9.17) is 10.5 Å². The molecule has 1 aromatic rings. The van der Waals surface area contributed by atoms with Crippen molar-refractivity contribution in [2.45, 2.75) is 30.0 Å². The lowest BCUT2D eigenvalue weighted by atomic mass is 9.93. The van der Waals surface area contributed by atoms with Crippen LogP contribution in [0.4, 0.5) is 5.13 Å². The van der Waals surface area contributed by atoms with Crippen LogP contribution in [0.5, 0.6) is 0 Å². The van der Waals surface area contributed by atoms with Crippen molar-refractivity contribution in [1.82, 2.24) is 20.0 Å². The first-order valence-corrected chi connectivity index (χ1v) is 10.8. The Kier molecular flexibility index (Phi) is 7.09. The molecular weight excluding hydrogens is 374 g/mol. The summed E-state index contributed by atoms with van der Waals surface area (Å²) in [7, 11) is 0. The minimum Gasteiger partial charge on any atom is -0.378 e. The number of piperidine rings is 1. The molecule has 3 rings (SSSR count). The number of nitrogens with zero attached hydrogens (tertiary/aromatic N) is 4. The smallest absolute Gasteiger partial charge is 0.233 e. The van der Waals surface area contributed by atoms with Crippen molar-refractivity contribution in [3.05, 3.63) is 0 Å². The van der Waals surface area contributed by atoms with Crippen molar-refractivity contribution in [1.29, 1.82) is 0 Å². The molecule has 0 aliphatic carbocycles. The molecule has 2 aliphatic rings. The summed E-state index contributed by atoms with van der Waals surface area (Å²) >= 11 is 2.68. The molecule has 0 aromatic carbocycles. The van der Waals surface area contributed by atoms with E-state index < -0.39 is 0 Å². The predicted octanol–water partition coefficient (Wildman–Crippen LogP) is 1.09. The number of nitrogen functional groups attached to an aromatic ring is 1. The standard InChI is InChI=1S/C16H25N5O3S2/c17-15-18-19-16(26-15)25-11-14(23)21-5-1-2-12(10-21)3-4-13(22)20-6-8-24-9-7-20/h12H,1-11H2,(H2,17,18)/t12-/m0/s1. The van der Waals surface area contributed by atoms with Gasteiger partial charge in [-0.15, -0.1) is 10.2 Å². The fourth-order valence-electron chi connectivity index (χ4n) is 3.32. The van der Waals surface area contributed by atoms with Gasteiger partial charge in [-0.3, -0.25) is 9.59 Å². The number of nitrogens with two attached hydrogens (primary N) is 1. The van der Waals surface area contributed by atoms with Crippen LogP contribution in [0, 0.1) is 5.92 Å². The maximum absolute atomic E-state index is 12.5. The molecule has 2 amide bonds. The molecule has 144 valence electrons. The number of aromatic nitrogens is 2. The fraction of sp³-hybridized carbons (Fsp3) is 0.750. The predicted molar refractivity (Wildman–Crippen MR) is 101 cm³/mol. The van der Waals surface area contributed by atoms with E-state index >= 15 is 0 Å². The molecule has 10 heteroatoms. The molecule has 0 radical (unpaired) electrons. The van der Waals surface area contributed by atoms with E-state index in [-0.39, 0.29) is 11.8 Å². The van der Waals surface area contributed by atoms with Crippen molar-refractivity contribution in [2.75, 3.05) is 50.9 Å². The summed E-state index contributed by atoms with van der Waals surface area (Å²) in [5.74, 6) is 1.09. The average molecular weight is 400 g/mol. The number of rotatable bonds is 6. The first-order chi connectivity index (χ1) is 12.6. The Bertz CT molecular complexity index is 621. The van der Waals surface area contributed by atoms with Gasteiger partial charge in [0, 0.05) is 32.6 Å². The van der Waals surface area contributed by atoms with Crippen LogP contribution in [-0.4, -0.2) is 77.0 Å². The lowest BCUT2D eigenvalue weighted by Gasteiger charge is -2.33. The van der Waals surface area contributed by atoms with E-state index in [0.717, 1.165) is 36.7 Å². The van der Waals surface area contributed by atoms with E-state index in [9.17, 15) is 9.59 Å². The molecule has 0 bridgehead atoms. The van der Waals surface area contributed by atoms with Crippen molar-refractivity contribution >= 4 is 40.0 Å². The number of amides is 2. The summed E-state index contributed by atoms with van der Waals surface area (Å²) in [5.41, 5.74) is 5.56. The van der Waals surface area contributed by atoms with Crippen LogP contribution in [0.3, 0.4) is 0 Å². The monoisotopic (exact) mass is 399 g/mol. The van der Waals surface area contributed by atoms with Gasteiger partial charge in [0.25, 0.3) is 0 Å². The van der Waals surface area contributed by atoms with Crippen LogP contribution in [-0.2, 0) is 14.3 Å². The van der Waals surface area contributed by atoms with Crippen LogP contribution in [0.15, 0.2) is 4.34 Å². The summed E-state index contributed by atoms with van der Waals surface area (Å²) in [6.45, 7) is 4.20. The molecule has 8 nitrogen and oxygen atoms in total. The minimum absolute atomic E-state index is 0.118. The van der Waals surface area contributed by atoms with Crippen molar-refractivity contribution < 1.29 is 14.3 Å². The van der Waals surface area contributed by atoms with Crippen LogP contribution in [0.25, 0.3) is 0 Å². The summed E-state index contributed by atoms with van der Waals surface area (Å²) in [6, 6.07) is 0. The van der Waals surface area contributed by atoms with E-state index in [1.54, 1.807) is 0 Å². The molecule has 1 aromatic heterocycles. The van der Waals surface area contributed by atoms with Gasteiger partial charge in [0.15, 0.2) is 4.34 Å². The first kappa shape index (κ1) is 19.4. The largest absolute Gasteiger partial charge is 0.378 e. The summed E-state index contributed by atoms with van der Waals surface area (Å²) in [6.07, 6.45) is 3.49. The Hall–Kier alpha value is -1.39. The number of likely N-dealkylation sites (tertiary alicyclic amines) is 1. The third kappa shape index (κ3) is 5.55. The molecule has 26 heavy (non-hydrogen) atoms. The second-order valence-electron chi connectivity index (χ2n) is 6.57. The number of carbonyl (C=O) groups is 2. The zero-order chi connectivity index (χ0) is 18.4. The molecule has 0 unspecified atom stereocenters. The second-order valence-corrected chi connectivity index (χ2v) is 8.81. The Labute approximate surface area is 161 Å². The molecule has 2 N–H and O–H groups in total. The zero-order valence-electron chi connectivity index (χ0n) is 14.8. The van der Waals surface area contributed by atoms with E-state index in [1.807, 2.05) is 9.80 Å². The molecule has 2 aliphatic heterocycles.